The summed E-state index contributed by atoms with van der Waals surface area (Å²) < 4.78 is 2.13. The molecule has 0 saturated heterocycles. The second kappa shape index (κ2) is 12.1. The van der Waals surface area contributed by atoms with Crippen LogP contribution in [0.25, 0.3) is 10.8 Å². The number of imidazole rings is 1. The molecule has 2 N–H and O–H groups in total. The van der Waals surface area contributed by atoms with Crippen molar-refractivity contribution in [3.05, 3.63) is 65.2 Å². The van der Waals surface area contributed by atoms with Crippen LogP contribution in [0.5, 0.6) is 0 Å². The van der Waals surface area contributed by atoms with Crippen molar-refractivity contribution >= 4 is 35.3 Å². The van der Waals surface area contributed by atoms with Crippen LogP contribution in [0.3, 0.4) is 0 Å². The molecule has 0 saturated carbocycles. The molecule has 3 rings (SSSR count). The number of carbonyl (C=O) groups is 2. The molecule has 0 fully saturated rings. The molecular formula is C27H35N3O3S. The fourth-order valence-corrected chi connectivity index (χ4v) is 4.61. The van der Waals surface area contributed by atoms with Gasteiger partial charge in [-0.2, -0.15) is 12.6 Å². The van der Waals surface area contributed by atoms with Gasteiger partial charge in [0, 0.05) is 30.8 Å². The first-order chi connectivity index (χ1) is 16.3. The zero-order valence-electron chi connectivity index (χ0n) is 20.3. The fourth-order valence-electron chi connectivity index (χ4n) is 4.29. The van der Waals surface area contributed by atoms with Crippen molar-refractivity contribution in [3.63, 3.8) is 0 Å². The number of carboxylic acid groups (broad SMARTS) is 1. The van der Waals surface area contributed by atoms with E-state index in [-0.39, 0.29) is 11.8 Å². The van der Waals surface area contributed by atoms with Gasteiger partial charge in [0.1, 0.15) is 5.82 Å². The molecule has 0 radical (unpaired) electrons. The van der Waals surface area contributed by atoms with Gasteiger partial charge < -0.3 is 15.0 Å². The molecule has 1 atom stereocenters. The molecule has 0 aliphatic rings. The van der Waals surface area contributed by atoms with Gasteiger partial charge in [0.05, 0.1) is 17.8 Å². The maximum Gasteiger partial charge on any atom is 0.336 e. The molecule has 1 amide bonds. The van der Waals surface area contributed by atoms with E-state index in [4.69, 9.17) is 4.98 Å². The molecule has 3 aromatic rings. The fraction of sp³-hybridized carbons (Fsp3) is 0.444. The minimum Gasteiger partial charge on any atom is -0.478 e. The number of nitrogens with one attached hydrogen (secondary N) is 1. The van der Waals surface area contributed by atoms with Crippen molar-refractivity contribution < 1.29 is 14.7 Å². The molecule has 7 heteroatoms. The molecule has 0 aliphatic heterocycles. The number of fused-ring (bicyclic) bond motifs is 1. The summed E-state index contributed by atoms with van der Waals surface area (Å²) in [5, 5.41) is 14.3. The van der Waals surface area contributed by atoms with Crippen LogP contribution in [0.15, 0.2) is 42.6 Å². The van der Waals surface area contributed by atoms with E-state index in [1.807, 2.05) is 36.5 Å². The Morgan fingerprint density at radius 1 is 1.15 bits per heavy atom. The Labute approximate surface area is 207 Å². The van der Waals surface area contributed by atoms with Crippen LogP contribution in [0.2, 0.25) is 0 Å². The Kier molecular flexibility index (Phi) is 9.16. The van der Waals surface area contributed by atoms with Crippen molar-refractivity contribution in [2.75, 3.05) is 5.75 Å². The molecule has 2 aromatic carbocycles. The van der Waals surface area contributed by atoms with E-state index in [1.54, 1.807) is 6.07 Å². The van der Waals surface area contributed by atoms with Crippen LogP contribution >= 0.6 is 12.6 Å². The summed E-state index contributed by atoms with van der Waals surface area (Å²) in [6.45, 7) is 7.34. The van der Waals surface area contributed by atoms with Gasteiger partial charge in [0.2, 0.25) is 5.91 Å². The maximum absolute atomic E-state index is 12.6. The number of unbranched alkanes of at least 4 members (excludes halogenated alkanes) is 1. The number of rotatable bonds is 12. The summed E-state index contributed by atoms with van der Waals surface area (Å²) in [4.78, 5) is 29.1. The second-order valence-corrected chi connectivity index (χ2v) is 9.59. The molecule has 34 heavy (non-hydrogen) atoms. The summed E-state index contributed by atoms with van der Waals surface area (Å²) in [5.74, 6) is 0.923. The Morgan fingerprint density at radius 3 is 2.53 bits per heavy atom. The number of thiol groups is 1. The Balaban J connectivity index is 1.84. The number of aromatic nitrogens is 2. The van der Waals surface area contributed by atoms with Gasteiger partial charge in [-0.15, -0.1) is 0 Å². The van der Waals surface area contributed by atoms with Crippen molar-refractivity contribution in [2.24, 2.45) is 11.8 Å². The largest absolute Gasteiger partial charge is 0.478 e. The number of hydrogen-bond donors (Lipinski definition) is 3. The summed E-state index contributed by atoms with van der Waals surface area (Å²) in [7, 11) is 0. The third-order valence-corrected chi connectivity index (χ3v) is 6.48. The van der Waals surface area contributed by atoms with Gasteiger partial charge in [0.25, 0.3) is 0 Å². The molecule has 1 heterocycles. The Morgan fingerprint density at radius 2 is 1.88 bits per heavy atom. The minimum atomic E-state index is -0.927. The van der Waals surface area contributed by atoms with E-state index in [9.17, 15) is 14.7 Å². The SMILES string of the molecule is CCCCc1nc(CNC(=O)C(CS)CC(C)C)cn1Cc1ccc(C(=O)O)c2ccccc12. The third kappa shape index (κ3) is 6.41. The molecular weight excluding hydrogens is 446 g/mol. The molecule has 1 aromatic heterocycles. The Bertz CT molecular complexity index is 1140. The average Bonchev–Trinajstić information content (AvgIpc) is 3.20. The van der Waals surface area contributed by atoms with Gasteiger partial charge in [-0.05, 0) is 41.2 Å². The number of carboxylic acids is 1. The molecule has 0 bridgehead atoms. The van der Waals surface area contributed by atoms with Gasteiger partial charge in [-0.25, -0.2) is 9.78 Å². The highest BCUT2D eigenvalue weighted by atomic mass is 32.1. The average molecular weight is 482 g/mol. The highest BCUT2D eigenvalue weighted by molar-refractivity contribution is 7.80. The third-order valence-electron chi connectivity index (χ3n) is 6.04. The number of benzene rings is 2. The minimum absolute atomic E-state index is 0.0172. The summed E-state index contributed by atoms with van der Waals surface area (Å²) in [6, 6.07) is 11.2. The standard InChI is InChI=1S/C27H35N3O3S/c1-4-5-10-25-29-21(14-28-26(31)20(17-34)13-18(2)3)16-30(25)15-19-11-12-24(27(32)33)23-9-7-6-8-22(19)23/h6-9,11-12,16,18,20,34H,4-5,10,13-15,17H2,1-3H3,(H,28,31)(H,32,33). The van der Waals surface area contributed by atoms with Crippen molar-refractivity contribution in [1.82, 2.24) is 14.9 Å². The smallest absolute Gasteiger partial charge is 0.336 e. The van der Waals surface area contributed by atoms with Crippen molar-refractivity contribution in [1.29, 1.82) is 0 Å². The lowest BCUT2D eigenvalue weighted by Crippen LogP contribution is -2.32. The van der Waals surface area contributed by atoms with Crippen LogP contribution in [-0.2, 0) is 24.3 Å². The first kappa shape index (κ1) is 25.8. The van der Waals surface area contributed by atoms with Gasteiger partial charge in [0.15, 0.2) is 0 Å². The van der Waals surface area contributed by atoms with E-state index >= 15 is 0 Å². The number of hydrogen-bond acceptors (Lipinski definition) is 4. The lowest BCUT2D eigenvalue weighted by Gasteiger charge is -2.16. The van der Waals surface area contributed by atoms with E-state index in [1.165, 1.54) is 0 Å². The number of amides is 1. The van der Waals surface area contributed by atoms with Crippen molar-refractivity contribution in [3.8, 4) is 0 Å². The lowest BCUT2D eigenvalue weighted by molar-refractivity contribution is -0.124. The van der Waals surface area contributed by atoms with E-state index in [0.29, 0.717) is 30.3 Å². The summed E-state index contributed by atoms with van der Waals surface area (Å²) >= 11 is 4.36. The highest BCUT2D eigenvalue weighted by Gasteiger charge is 2.19. The first-order valence-corrected chi connectivity index (χ1v) is 12.6. The van der Waals surface area contributed by atoms with Crippen molar-refractivity contribution in [2.45, 2.75) is 59.5 Å². The first-order valence-electron chi connectivity index (χ1n) is 12.0. The van der Waals surface area contributed by atoms with Crippen LogP contribution in [0.4, 0.5) is 0 Å². The number of aromatic carboxylic acids is 1. The predicted octanol–water partition coefficient (Wildman–Crippen LogP) is 5.33. The molecule has 182 valence electrons. The van der Waals surface area contributed by atoms with E-state index in [2.05, 4.69) is 43.3 Å². The molecule has 0 aliphatic carbocycles. The van der Waals surface area contributed by atoms with Crippen LogP contribution < -0.4 is 5.32 Å². The van der Waals surface area contributed by atoms with Gasteiger partial charge >= 0.3 is 5.97 Å². The van der Waals surface area contributed by atoms with Gasteiger partial charge in [-0.1, -0.05) is 57.5 Å². The zero-order chi connectivity index (χ0) is 24.7. The summed E-state index contributed by atoms with van der Waals surface area (Å²) in [5.41, 5.74) is 2.17. The second-order valence-electron chi connectivity index (χ2n) is 9.23. The van der Waals surface area contributed by atoms with E-state index < -0.39 is 5.97 Å². The summed E-state index contributed by atoms with van der Waals surface area (Å²) in [6.07, 6.45) is 5.75. The number of aryl methyl sites for hydroxylation is 1. The molecule has 0 spiro atoms. The van der Waals surface area contributed by atoms with Crippen LogP contribution in [0.1, 0.15) is 67.5 Å². The number of carbonyl (C=O) groups excluding carboxylic acids is 1. The highest BCUT2D eigenvalue weighted by Crippen LogP contribution is 2.25. The number of nitrogens with zero attached hydrogens (tertiary/aromatic N) is 2. The van der Waals surface area contributed by atoms with Crippen LogP contribution in [0, 0.1) is 11.8 Å². The maximum atomic E-state index is 12.6. The molecule has 1 unspecified atom stereocenters. The monoisotopic (exact) mass is 481 g/mol. The van der Waals surface area contributed by atoms with Gasteiger partial charge in [-0.3, -0.25) is 4.79 Å². The van der Waals surface area contributed by atoms with E-state index in [0.717, 1.165) is 53.5 Å². The quantitative estimate of drug-likeness (QED) is 0.305. The predicted molar refractivity (Wildman–Crippen MR) is 139 cm³/mol. The Hall–Kier alpha value is -2.80. The normalized spacial score (nSPS) is 12.3. The molecule has 6 nitrogen and oxygen atoms in total. The topological polar surface area (TPSA) is 84.2 Å². The zero-order valence-corrected chi connectivity index (χ0v) is 21.1. The lowest BCUT2D eigenvalue weighted by atomic mass is 9.98. The van der Waals surface area contributed by atoms with Crippen LogP contribution in [-0.4, -0.2) is 32.3 Å².